The highest BCUT2D eigenvalue weighted by Gasteiger charge is 2.21. The molecular formula is C23H20FN5O4S. The van der Waals surface area contributed by atoms with Gasteiger partial charge in [-0.15, -0.1) is 0 Å². The van der Waals surface area contributed by atoms with E-state index in [1.54, 1.807) is 23.0 Å². The molecule has 0 fully saturated rings. The fourth-order valence-corrected chi connectivity index (χ4v) is 4.14. The van der Waals surface area contributed by atoms with E-state index >= 15 is 0 Å². The highest BCUT2D eigenvalue weighted by atomic mass is 32.2. The van der Waals surface area contributed by atoms with Gasteiger partial charge in [0.2, 0.25) is 10.0 Å². The molecule has 2 N–H and O–H groups in total. The van der Waals surface area contributed by atoms with Crippen molar-refractivity contribution in [2.24, 2.45) is 0 Å². The van der Waals surface area contributed by atoms with Crippen molar-refractivity contribution in [1.82, 2.24) is 14.5 Å². The molecule has 0 bridgehead atoms. The third-order valence-corrected chi connectivity index (χ3v) is 6.55. The van der Waals surface area contributed by atoms with E-state index in [9.17, 15) is 22.9 Å². The largest absolute Gasteiger partial charge is 0.375 e. The third kappa shape index (κ3) is 4.80. The zero-order valence-electron chi connectivity index (χ0n) is 18.0. The minimum absolute atomic E-state index is 0.151. The van der Waals surface area contributed by atoms with Gasteiger partial charge in [0.15, 0.2) is 0 Å². The quantitative estimate of drug-likeness (QED) is 0.289. The predicted octanol–water partition coefficient (Wildman–Crippen LogP) is 4.11. The fourth-order valence-electron chi connectivity index (χ4n) is 3.39. The van der Waals surface area contributed by atoms with Gasteiger partial charge >= 0.3 is 0 Å². The van der Waals surface area contributed by atoms with Crippen molar-refractivity contribution >= 4 is 21.4 Å². The Kier molecular flexibility index (Phi) is 6.39. The summed E-state index contributed by atoms with van der Waals surface area (Å²) in [7, 11) is -2.61. The van der Waals surface area contributed by atoms with Gasteiger partial charge in [0.1, 0.15) is 11.5 Å². The molecular weight excluding hydrogens is 461 g/mol. The van der Waals surface area contributed by atoms with Crippen LogP contribution in [0.3, 0.4) is 0 Å². The van der Waals surface area contributed by atoms with Crippen LogP contribution in [0.15, 0.2) is 83.9 Å². The number of nitro benzene ring substituents is 1. The first-order chi connectivity index (χ1) is 16.3. The maximum atomic E-state index is 13.5. The molecule has 3 aromatic carbocycles. The standard InChI is InChI=1S/C23H20FN5O4S/c1-25-34(32,33)20-11-12-21(22(13-20)29(30)31)26-14-17-15-28(19-5-3-2-4-6-19)27-23(17)16-7-9-18(24)10-8-16/h2-13,15,25-26H,14H2,1H3. The molecule has 0 radical (unpaired) electrons. The van der Waals surface area contributed by atoms with Crippen LogP contribution in [-0.4, -0.2) is 30.2 Å². The van der Waals surface area contributed by atoms with Gasteiger partial charge in [0.25, 0.3) is 5.69 Å². The Labute approximate surface area is 195 Å². The van der Waals surface area contributed by atoms with Gasteiger partial charge in [-0.05, 0) is 55.6 Å². The Morgan fingerprint density at radius 3 is 2.41 bits per heavy atom. The minimum Gasteiger partial charge on any atom is -0.375 e. The monoisotopic (exact) mass is 481 g/mol. The molecule has 0 saturated heterocycles. The summed E-state index contributed by atoms with van der Waals surface area (Å²) in [6, 6.07) is 18.9. The lowest BCUT2D eigenvalue weighted by Crippen LogP contribution is -2.18. The lowest BCUT2D eigenvalue weighted by molar-refractivity contribution is -0.384. The summed E-state index contributed by atoms with van der Waals surface area (Å²) in [5.41, 5.74) is 2.54. The van der Waals surface area contributed by atoms with E-state index in [2.05, 4.69) is 15.1 Å². The number of para-hydroxylation sites is 1. The molecule has 34 heavy (non-hydrogen) atoms. The van der Waals surface area contributed by atoms with E-state index < -0.39 is 14.9 Å². The third-order valence-electron chi connectivity index (χ3n) is 5.14. The number of benzene rings is 3. The summed E-state index contributed by atoms with van der Waals surface area (Å²) in [6.07, 6.45) is 1.78. The van der Waals surface area contributed by atoms with E-state index in [0.717, 1.165) is 11.8 Å². The number of hydrogen-bond acceptors (Lipinski definition) is 6. The van der Waals surface area contributed by atoms with Crippen LogP contribution in [0.4, 0.5) is 15.8 Å². The Hall–Kier alpha value is -4.09. The molecule has 4 rings (SSSR count). The first kappa shape index (κ1) is 23.1. The van der Waals surface area contributed by atoms with Crippen LogP contribution in [0.5, 0.6) is 0 Å². The van der Waals surface area contributed by atoms with Crippen molar-refractivity contribution in [3.8, 4) is 16.9 Å². The van der Waals surface area contributed by atoms with Crippen molar-refractivity contribution in [3.05, 3.63) is 100 Å². The normalized spacial score (nSPS) is 11.4. The summed E-state index contributed by atoms with van der Waals surface area (Å²) < 4.78 is 41.3. The number of sulfonamides is 1. The second-order valence-electron chi connectivity index (χ2n) is 7.29. The van der Waals surface area contributed by atoms with Gasteiger partial charge in [-0.3, -0.25) is 10.1 Å². The predicted molar refractivity (Wildman–Crippen MR) is 126 cm³/mol. The van der Waals surface area contributed by atoms with E-state index in [-0.39, 0.29) is 28.6 Å². The van der Waals surface area contributed by atoms with Crippen LogP contribution in [0.2, 0.25) is 0 Å². The molecule has 0 aliphatic rings. The van der Waals surface area contributed by atoms with Crippen LogP contribution < -0.4 is 10.0 Å². The highest BCUT2D eigenvalue weighted by molar-refractivity contribution is 7.89. The molecule has 4 aromatic rings. The maximum absolute atomic E-state index is 13.5. The number of nitrogens with one attached hydrogen (secondary N) is 2. The average Bonchev–Trinajstić information content (AvgIpc) is 3.28. The van der Waals surface area contributed by atoms with Crippen molar-refractivity contribution in [2.75, 3.05) is 12.4 Å². The number of nitro groups is 1. The van der Waals surface area contributed by atoms with Crippen LogP contribution in [0.25, 0.3) is 16.9 Å². The lowest BCUT2D eigenvalue weighted by Gasteiger charge is -2.09. The van der Waals surface area contributed by atoms with Gasteiger partial charge in [0.05, 0.1) is 21.2 Å². The van der Waals surface area contributed by atoms with Crippen molar-refractivity contribution in [3.63, 3.8) is 0 Å². The Morgan fingerprint density at radius 2 is 1.76 bits per heavy atom. The topological polar surface area (TPSA) is 119 Å². The fraction of sp³-hybridized carbons (Fsp3) is 0.0870. The molecule has 174 valence electrons. The molecule has 0 unspecified atom stereocenters. The van der Waals surface area contributed by atoms with Crippen molar-refractivity contribution < 1.29 is 17.7 Å². The molecule has 11 heteroatoms. The van der Waals surface area contributed by atoms with Crippen LogP contribution in [0, 0.1) is 15.9 Å². The van der Waals surface area contributed by atoms with Crippen LogP contribution in [-0.2, 0) is 16.6 Å². The van der Waals surface area contributed by atoms with Crippen molar-refractivity contribution in [1.29, 1.82) is 0 Å². The van der Waals surface area contributed by atoms with E-state index in [1.165, 1.54) is 31.3 Å². The summed E-state index contributed by atoms with van der Waals surface area (Å²) in [5, 5.41) is 19.3. The number of rotatable bonds is 8. The van der Waals surface area contributed by atoms with Gasteiger partial charge in [0, 0.05) is 29.9 Å². The van der Waals surface area contributed by atoms with E-state index in [1.807, 2.05) is 30.3 Å². The Morgan fingerprint density at radius 1 is 1.06 bits per heavy atom. The number of anilines is 1. The zero-order chi connectivity index (χ0) is 24.3. The molecule has 0 aliphatic carbocycles. The van der Waals surface area contributed by atoms with Gasteiger partial charge < -0.3 is 5.32 Å². The summed E-state index contributed by atoms with van der Waals surface area (Å²) in [4.78, 5) is 10.7. The average molecular weight is 482 g/mol. The molecule has 1 aromatic heterocycles. The molecule has 0 spiro atoms. The second-order valence-corrected chi connectivity index (χ2v) is 9.17. The molecule has 9 nitrogen and oxygen atoms in total. The SMILES string of the molecule is CNS(=O)(=O)c1ccc(NCc2cn(-c3ccccc3)nc2-c2ccc(F)cc2)c([N+](=O)[O-])c1. The summed E-state index contributed by atoms with van der Waals surface area (Å²) in [5.74, 6) is -0.377. The Balaban J connectivity index is 1.70. The van der Waals surface area contributed by atoms with Gasteiger partial charge in [-0.2, -0.15) is 5.10 Å². The van der Waals surface area contributed by atoms with Gasteiger partial charge in [-0.1, -0.05) is 18.2 Å². The zero-order valence-corrected chi connectivity index (χ0v) is 18.8. The minimum atomic E-state index is -3.84. The van der Waals surface area contributed by atoms with Crippen molar-refractivity contribution in [2.45, 2.75) is 11.4 Å². The Bertz CT molecular complexity index is 1440. The molecule has 0 aliphatic heterocycles. The first-order valence-corrected chi connectivity index (χ1v) is 11.6. The van der Waals surface area contributed by atoms with E-state index in [4.69, 9.17) is 0 Å². The number of hydrogen-bond donors (Lipinski definition) is 2. The number of nitrogens with zero attached hydrogens (tertiary/aromatic N) is 3. The lowest BCUT2D eigenvalue weighted by atomic mass is 10.1. The molecule has 0 saturated carbocycles. The maximum Gasteiger partial charge on any atom is 0.293 e. The van der Waals surface area contributed by atoms with Gasteiger partial charge in [-0.25, -0.2) is 22.2 Å². The molecule has 1 heterocycles. The summed E-state index contributed by atoms with van der Waals surface area (Å²) >= 11 is 0. The number of halogens is 1. The van der Waals surface area contributed by atoms with E-state index in [0.29, 0.717) is 16.8 Å². The smallest absolute Gasteiger partial charge is 0.293 e. The molecule has 0 atom stereocenters. The van der Waals surface area contributed by atoms with Crippen LogP contribution >= 0.6 is 0 Å². The summed E-state index contributed by atoms with van der Waals surface area (Å²) in [6.45, 7) is 0.151. The molecule has 0 amide bonds. The highest BCUT2D eigenvalue weighted by Crippen LogP contribution is 2.30. The number of aromatic nitrogens is 2. The second kappa shape index (κ2) is 9.41. The van der Waals surface area contributed by atoms with Crippen LogP contribution in [0.1, 0.15) is 5.56 Å². The first-order valence-electron chi connectivity index (χ1n) is 10.1.